The molecule has 0 saturated carbocycles. The molecule has 3 N–H and O–H groups in total. The van der Waals surface area contributed by atoms with Crippen LogP contribution in [0.3, 0.4) is 0 Å². The van der Waals surface area contributed by atoms with Crippen LogP contribution in [0, 0.1) is 6.92 Å². The summed E-state index contributed by atoms with van der Waals surface area (Å²) in [5, 5.41) is 16.9. The van der Waals surface area contributed by atoms with Crippen LogP contribution in [0.4, 0.5) is 0 Å². The van der Waals surface area contributed by atoms with E-state index in [4.69, 9.17) is 0 Å². The van der Waals surface area contributed by atoms with E-state index in [9.17, 15) is 13.5 Å². The van der Waals surface area contributed by atoms with Gasteiger partial charge in [-0.2, -0.15) is 0 Å². The second-order valence-electron chi connectivity index (χ2n) is 6.86. The Labute approximate surface area is 186 Å². The fourth-order valence-corrected chi connectivity index (χ4v) is 4.18. The molecule has 0 aliphatic carbocycles. The lowest BCUT2D eigenvalue weighted by atomic mass is 10.1. The van der Waals surface area contributed by atoms with Crippen molar-refractivity contribution in [2.75, 3.05) is 31.9 Å². The van der Waals surface area contributed by atoms with Crippen molar-refractivity contribution in [3.8, 4) is 0 Å². The molecule has 7 nitrogen and oxygen atoms in total. The molecule has 160 valence electrons. The van der Waals surface area contributed by atoms with Gasteiger partial charge in [0.15, 0.2) is 5.96 Å². The molecule has 0 spiro atoms. The number of halogens is 1. The molecule has 0 bridgehead atoms. The zero-order chi connectivity index (χ0) is 19.9. The Bertz CT molecular complexity index is 717. The van der Waals surface area contributed by atoms with Crippen LogP contribution in [0.25, 0.3) is 0 Å². The van der Waals surface area contributed by atoms with Gasteiger partial charge in [0.05, 0.1) is 18.4 Å². The number of hydrogen-bond donors (Lipinski definition) is 3. The van der Waals surface area contributed by atoms with E-state index in [1.54, 1.807) is 11.2 Å². The number of nitrogens with one attached hydrogen (secondary N) is 2. The third-order valence-electron chi connectivity index (χ3n) is 4.78. The summed E-state index contributed by atoms with van der Waals surface area (Å²) >= 11 is 0. The van der Waals surface area contributed by atoms with Crippen LogP contribution in [0.15, 0.2) is 29.3 Å². The second kappa shape index (κ2) is 11.9. The Morgan fingerprint density at radius 3 is 2.39 bits per heavy atom. The van der Waals surface area contributed by atoms with Gasteiger partial charge in [0.1, 0.15) is 0 Å². The molecule has 1 fully saturated rings. The van der Waals surface area contributed by atoms with E-state index in [0.29, 0.717) is 19.0 Å². The van der Waals surface area contributed by atoms with Crippen LogP contribution in [0.5, 0.6) is 0 Å². The maximum Gasteiger partial charge on any atom is 0.213 e. The van der Waals surface area contributed by atoms with Gasteiger partial charge in [0.25, 0.3) is 0 Å². The zero-order valence-corrected chi connectivity index (χ0v) is 20.0. The molecule has 1 aromatic carbocycles. The largest absolute Gasteiger partial charge is 0.386 e. The van der Waals surface area contributed by atoms with Crippen molar-refractivity contribution >= 4 is 40.0 Å². The topological polar surface area (TPSA) is 94.0 Å². The summed E-state index contributed by atoms with van der Waals surface area (Å²) in [6.45, 7) is 7.72. The van der Waals surface area contributed by atoms with Gasteiger partial charge in [0, 0.05) is 25.7 Å². The molecule has 0 aromatic heterocycles. The molecule has 0 radical (unpaired) electrons. The van der Waals surface area contributed by atoms with Crippen molar-refractivity contribution < 1.29 is 13.5 Å². The third kappa shape index (κ3) is 7.49. The van der Waals surface area contributed by atoms with Crippen LogP contribution < -0.4 is 10.6 Å². The molecule has 2 rings (SSSR count). The van der Waals surface area contributed by atoms with Gasteiger partial charge in [-0.15, -0.1) is 24.0 Å². The Morgan fingerprint density at radius 2 is 1.86 bits per heavy atom. The number of aliphatic hydroxyl groups is 1. The zero-order valence-electron chi connectivity index (χ0n) is 16.9. The molecule has 9 heteroatoms. The van der Waals surface area contributed by atoms with Crippen LogP contribution in [-0.2, 0) is 10.0 Å². The molecule has 1 aromatic rings. The lowest BCUT2D eigenvalue weighted by Crippen LogP contribution is -2.50. The summed E-state index contributed by atoms with van der Waals surface area (Å²) in [4.78, 5) is 4.50. The Kier molecular flexibility index (Phi) is 10.7. The van der Waals surface area contributed by atoms with Gasteiger partial charge in [-0.1, -0.05) is 29.8 Å². The van der Waals surface area contributed by atoms with E-state index in [1.807, 2.05) is 38.1 Å². The second-order valence-corrected chi connectivity index (χ2v) is 9.12. The van der Waals surface area contributed by atoms with Crippen molar-refractivity contribution in [3.05, 3.63) is 35.4 Å². The average molecular weight is 524 g/mol. The fraction of sp³-hybridized carbons (Fsp3) is 0.632. The first-order chi connectivity index (χ1) is 12.9. The number of sulfonamides is 1. The molecule has 0 amide bonds. The highest BCUT2D eigenvalue weighted by molar-refractivity contribution is 14.0. The van der Waals surface area contributed by atoms with E-state index >= 15 is 0 Å². The Morgan fingerprint density at radius 1 is 1.25 bits per heavy atom. The summed E-state index contributed by atoms with van der Waals surface area (Å²) in [7, 11) is -3.11. The Balaban J connectivity index is 0.00000392. The summed E-state index contributed by atoms with van der Waals surface area (Å²) in [6.07, 6.45) is 0.825. The average Bonchev–Trinajstić information content (AvgIpc) is 2.67. The SMILES string of the molecule is CCNC(=NCC(O)c1ccc(C)cc1)NC1CCN(S(=O)(=O)CC)CC1.I. The number of rotatable bonds is 7. The van der Waals surface area contributed by atoms with E-state index in [1.165, 1.54) is 0 Å². The van der Waals surface area contributed by atoms with Gasteiger partial charge in [-0.05, 0) is 39.2 Å². The van der Waals surface area contributed by atoms with Gasteiger partial charge in [0.2, 0.25) is 10.0 Å². The van der Waals surface area contributed by atoms with Crippen molar-refractivity contribution in [2.45, 2.75) is 45.8 Å². The maximum absolute atomic E-state index is 12.0. The molecule has 1 heterocycles. The summed E-state index contributed by atoms with van der Waals surface area (Å²) < 4.78 is 25.5. The standard InChI is InChI=1S/C19H32N4O3S.HI/c1-4-20-19(21-14-18(24)16-8-6-15(3)7-9-16)22-17-10-12-23(13-11-17)27(25,26)5-2;/h6-9,17-18,24H,4-5,10-14H2,1-3H3,(H2,20,21,22);1H. The lowest BCUT2D eigenvalue weighted by molar-refractivity contribution is 0.187. The molecule has 28 heavy (non-hydrogen) atoms. The number of aryl methyl sites for hydroxylation is 1. The predicted molar refractivity (Wildman–Crippen MR) is 125 cm³/mol. The summed E-state index contributed by atoms with van der Waals surface area (Å²) in [5.74, 6) is 0.798. The first kappa shape index (κ1) is 25.1. The predicted octanol–water partition coefficient (Wildman–Crippen LogP) is 2.02. The van der Waals surface area contributed by atoms with Gasteiger partial charge in [-0.25, -0.2) is 12.7 Å². The van der Waals surface area contributed by atoms with Crippen LogP contribution in [0.2, 0.25) is 0 Å². The molecule has 1 atom stereocenters. The van der Waals surface area contributed by atoms with Crippen molar-refractivity contribution in [3.63, 3.8) is 0 Å². The van der Waals surface area contributed by atoms with Crippen LogP contribution >= 0.6 is 24.0 Å². The lowest BCUT2D eigenvalue weighted by Gasteiger charge is -2.32. The monoisotopic (exact) mass is 524 g/mol. The molecule has 1 unspecified atom stereocenters. The number of guanidine groups is 1. The highest BCUT2D eigenvalue weighted by atomic mass is 127. The van der Waals surface area contributed by atoms with Crippen molar-refractivity contribution in [1.29, 1.82) is 0 Å². The quantitative estimate of drug-likeness (QED) is 0.288. The number of aliphatic imine (C=N–C) groups is 1. The third-order valence-corrected chi connectivity index (χ3v) is 6.66. The fourth-order valence-electron chi connectivity index (χ4n) is 3.05. The molecule has 1 saturated heterocycles. The molecule has 1 aliphatic rings. The Hall–Kier alpha value is -0.910. The van der Waals surface area contributed by atoms with Crippen LogP contribution in [-0.4, -0.2) is 61.8 Å². The molecule has 1 aliphatic heterocycles. The normalized spacial score (nSPS) is 17.6. The highest BCUT2D eigenvalue weighted by Gasteiger charge is 2.27. The number of nitrogens with zero attached hydrogens (tertiary/aromatic N) is 2. The van der Waals surface area contributed by atoms with Crippen LogP contribution in [0.1, 0.15) is 43.9 Å². The minimum atomic E-state index is -3.11. The number of hydrogen-bond acceptors (Lipinski definition) is 4. The first-order valence-electron chi connectivity index (χ1n) is 9.63. The van der Waals surface area contributed by atoms with Crippen molar-refractivity contribution in [1.82, 2.24) is 14.9 Å². The minimum absolute atomic E-state index is 0. The number of aliphatic hydroxyl groups excluding tert-OH is 1. The van der Waals surface area contributed by atoms with E-state index < -0.39 is 16.1 Å². The summed E-state index contributed by atoms with van der Waals surface area (Å²) in [5.41, 5.74) is 2.00. The number of piperidine rings is 1. The highest BCUT2D eigenvalue weighted by Crippen LogP contribution is 2.15. The van der Waals surface area contributed by atoms with Crippen molar-refractivity contribution in [2.24, 2.45) is 4.99 Å². The van der Waals surface area contributed by atoms with E-state index in [-0.39, 0.29) is 42.3 Å². The van der Waals surface area contributed by atoms with Gasteiger partial charge >= 0.3 is 0 Å². The van der Waals surface area contributed by atoms with E-state index in [2.05, 4.69) is 15.6 Å². The maximum atomic E-state index is 12.0. The summed E-state index contributed by atoms with van der Waals surface area (Å²) in [6, 6.07) is 7.95. The molecular formula is C19H33IN4O3S. The first-order valence-corrected chi connectivity index (χ1v) is 11.2. The van der Waals surface area contributed by atoms with Gasteiger partial charge in [-0.3, -0.25) is 4.99 Å². The molecular weight excluding hydrogens is 491 g/mol. The van der Waals surface area contributed by atoms with E-state index in [0.717, 1.165) is 30.5 Å². The minimum Gasteiger partial charge on any atom is -0.386 e. The smallest absolute Gasteiger partial charge is 0.213 e. The number of benzene rings is 1. The van der Waals surface area contributed by atoms with Gasteiger partial charge < -0.3 is 15.7 Å².